The van der Waals surface area contributed by atoms with Gasteiger partial charge in [-0.25, -0.2) is 8.42 Å². The van der Waals surface area contributed by atoms with E-state index < -0.39 is 26.7 Å². The molecule has 0 radical (unpaired) electrons. The maximum Gasteiger partial charge on any atom is 0.416 e. The van der Waals surface area contributed by atoms with Crippen molar-refractivity contribution in [3.8, 4) is 22.6 Å². The first-order valence-electron chi connectivity index (χ1n) is 9.41. The molecule has 5 nitrogen and oxygen atoms in total. The van der Waals surface area contributed by atoms with Crippen molar-refractivity contribution in [1.29, 1.82) is 0 Å². The van der Waals surface area contributed by atoms with E-state index >= 15 is 0 Å². The highest BCUT2D eigenvalue weighted by molar-refractivity contribution is 7.92. The van der Waals surface area contributed by atoms with Gasteiger partial charge < -0.3 is 9.47 Å². The molecule has 0 atom stereocenters. The van der Waals surface area contributed by atoms with E-state index in [0.29, 0.717) is 33.7 Å². The number of benzene rings is 3. The predicted octanol–water partition coefficient (Wildman–Crippen LogP) is 5.62. The van der Waals surface area contributed by atoms with Gasteiger partial charge in [-0.1, -0.05) is 23.7 Å². The molecule has 0 aliphatic carbocycles. The van der Waals surface area contributed by atoms with Crippen molar-refractivity contribution in [3.63, 3.8) is 0 Å². The standard InChI is InChI=1S/C22H17ClF3NO4S/c1-30-18-10-15(9-17(23)13-18)14-5-6-21-20(11-14)27(7-8-31-21)32(28,29)19-4-2-3-16(12-19)22(24,25)26/h2-6,9-13H,7-8H2,1H3. The lowest BCUT2D eigenvalue weighted by Gasteiger charge is -2.31. The monoisotopic (exact) mass is 483 g/mol. The molecule has 0 fully saturated rings. The summed E-state index contributed by atoms with van der Waals surface area (Å²) in [5, 5.41) is 0.432. The molecule has 1 aliphatic heterocycles. The molecule has 1 heterocycles. The minimum absolute atomic E-state index is 0.0477. The third-order valence-electron chi connectivity index (χ3n) is 4.97. The lowest BCUT2D eigenvalue weighted by atomic mass is 10.0. The summed E-state index contributed by atoms with van der Waals surface area (Å²) in [5.74, 6) is 0.833. The molecule has 3 aromatic carbocycles. The Bertz CT molecular complexity index is 1280. The highest BCUT2D eigenvalue weighted by Gasteiger charge is 2.34. The number of sulfonamides is 1. The second-order valence-corrected chi connectivity index (χ2v) is 9.31. The molecule has 168 valence electrons. The number of anilines is 1. The summed E-state index contributed by atoms with van der Waals surface area (Å²) in [6.07, 6.45) is -4.66. The fourth-order valence-electron chi connectivity index (χ4n) is 3.43. The zero-order valence-electron chi connectivity index (χ0n) is 16.7. The van der Waals surface area contributed by atoms with Crippen LogP contribution in [0.5, 0.6) is 11.5 Å². The van der Waals surface area contributed by atoms with Crippen LogP contribution >= 0.6 is 11.6 Å². The van der Waals surface area contributed by atoms with Crippen molar-refractivity contribution in [2.75, 3.05) is 24.6 Å². The Kier molecular flexibility index (Phi) is 5.72. The van der Waals surface area contributed by atoms with Gasteiger partial charge in [-0.15, -0.1) is 0 Å². The summed E-state index contributed by atoms with van der Waals surface area (Å²) < 4.78 is 77.8. The first kappa shape index (κ1) is 22.3. The number of nitrogens with zero attached hydrogens (tertiary/aromatic N) is 1. The number of alkyl halides is 3. The van der Waals surface area contributed by atoms with E-state index in [1.807, 2.05) is 0 Å². The lowest BCUT2D eigenvalue weighted by Crippen LogP contribution is -2.38. The van der Waals surface area contributed by atoms with Crippen molar-refractivity contribution in [3.05, 3.63) is 71.2 Å². The molecule has 0 saturated carbocycles. The Morgan fingerprint density at radius 2 is 1.81 bits per heavy atom. The Morgan fingerprint density at radius 1 is 1.03 bits per heavy atom. The minimum atomic E-state index is -4.66. The van der Waals surface area contributed by atoms with E-state index in [2.05, 4.69) is 0 Å². The van der Waals surface area contributed by atoms with Gasteiger partial charge in [0.1, 0.15) is 18.1 Å². The van der Waals surface area contributed by atoms with Crippen LogP contribution in [0, 0.1) is 0 Å². The molecule has 10 heteroatoms. The van der Waals surface area contributed by atoms with E-state index in [1.165, 1.54) is 7.11 Å². The van der Waals surface area contributed by atoms with Crippen LogP contribution in [0.15, 0.2) is 65.6 Å². The zero-order valence-corrected chi connectivity index (χ0v) is 18.3. The second-order valence-electron chi connectivity index (χ2n) is 7.01. The largest absolute Gasteiger partial charge is 0.497 e. The number of hydrogen-bond acceptors (Lipinski definition) is 4. The van der Waals surface area contributed by atoms with Gasteiger partial charge in [-0.3, -0.25) is 4.31 Å². The minimum Gasteiger partial charge on any atom is -0.497 e. The fourth-order valence-corrected chi connectivity index (χ4v) is 5.15. The summed E-state index contributed by atoms with van der Waals surface area (Å²) in [6.45, 7) is 0.0173. The normalized spacial score (nSPS) is 14.0. The van der Waals surface area contributed by atoms with Crippen molar-refractivity contribution >= 4 is 27.3 Å². The molecule has 0 saturated heterocycles. The first-order valence-corrected chi connectivity index (χ1v) is 11.2. The average Bonchev–Trinajstić information content (AvgIpc) is 2.77. The van der Waals surface area contributed by atoms with Crippen LogP contribution in [-0.2, 0) is 16.2 Å². The van der Waals surface area contributed by atoms with Gasteiger partial charge in [0.25, 0.3) is 10.0 Å². The topological polar surface area (TPSA) is 55.8 Å². The van der Waals surface area contributed by atoms with Crippen LogP contribution in [0.25, 0.3) is 11.1 Å². The molecular formula is C22H17ClF3NO4S. The third-order valence-corrected chi connectivity index (χ3v) is 7.00. The Morgan fingerprint density at radius 3 is 2.53 bits per heavy atom. The van der Waals surface area contributed by atoms with Gasteiger partial charge in [-0.2, -0.15) is 13.2 Å². The Balaban J connectivity index is 1.80. The van der Waals surface area contributed by atoms with E-state index in [0.717, 1.165) is 22.5 Å². The number of methoxy groups -OCH3 is 1. The van der Waals surface area contributed by atoms with Crippen molar-refractivity contribution in [2.24, 2.45) is 0 Å². The Labute approximate surface area is 188 Å². The summed E-state index contributed by atoms with van der Waals surface area (Å²) >= 11 is 6.15. The van der Waals surface area contributed by atoms with Crippen LogP contribution in [-0.4, -0.2) is 28.7 Å². The van der Waals surface area contributed by atoms with E-state index in [4.69, 9.17) is 21.1 Å². The fraction of sp³-hybridized carbons (Fsp3) is 0.182. The zero-order chi connectivity index (χ0) is 23.1. The molecule has 0 amide bonds. The molecule has 0 bridgehead atoms. The van der Waals surface area contributed by atoms with Gasteiger partial charge in [0.2, 0.25) is 0 Å². The highest BCUT2D eigenvalue weighted by Crippen LogP contribution is 2.40. The van der Waals surface area contributed by atoms with Crippen molar-refractivity contribution in [1.82, 2.24) is 0 Å². The van der Waals surface area contributed by atoms with Gasteiger partial charge >= 0.3 is 6.18 Å². The van der Waals surface area contributed by atoms with Crippen LogP contribution < -0.4 is 13.8 Å². The number of rotatable bonds is 4. The van der Waals surface area contributed by atoms with Crippen LogP contribution in [0.4, 0.5) is 18.9 Å². The summed E-state index contributed by atoms with van der Waals surface area (Å²) in [7, 11) is -2.78. The molecule has 0 N–H and O–H groups in total. The Hall–Kier alpha value is -2.91. The molecule has 0 spiro atoms. The maximum absolute atomic E-state index is 13.3. The summed E-state index contributed by atoms with van der Waals surface area (Å²) in [5.41, 5.74) is 0.510. The molecule has 3 aromatic rings. The van der Waals surface area contributed by atoms with Crippen LogP contribution in [0.2, 0.25) is 5.02 Å². The van der Waals surface area contributed by atoms with Crippen LogP contribution in [0.1, 0.15) is 5.56 Å². The lowest BCUT2D eigenvalue weighted by molar-refractivity contribution is -0.137. The molecule has 0 aromatic heterocycles. The maximum atomic E-state index is 13.3. The van der Waals surface area contributed by atoms with E-state index in [1.54, 1.807) is 36.4 Å². The van der Waals surface area contributed by atoms with Gasteiger partial charge in [0.15, 0.2) is 0 Å². The number of fused-ring (bicyclic) bond motifs is 1. The molecule has 32 heavy (non-hydrogen) atoms. The second kappa shape index (κ2) is 8.22. The molecule has 1 aliphatic rings. The molecule has 4 rings (SSSR count). The number of hydrogen-bond donors (Lipinski definition) is 0. The van der Waals surface area contributed by atoms with Gasteiger partial charge in [0, 0.05) is 5.02 Å². The SMILES string of the molecule is COc1cc(Cl)cc(-c2ccc3c(c2)N(S(=O)(=O)c2cccc(C(F)(F)F)c2)CCO3)c1. The van der Waals surface area contributed by atoms with Crippen molar-refractivity contribution in [2.45, 2.75) is 11.1 Å². The number of ether oxygens (including phenoxy) is 2. The third kappa shape index (κ3) is 4.22. The smallest absolute Gasteiger partial charge is 0.416 e. The molecule has 0 unspecified atom stereocenters. The predicted molar refractivity (Wildman–Crippen MR) is 115 cm³/mol. The highest BCUT2D eigenvalue weighted by atomic mass is 35.5. The molecular weight excluding hydrogens is 467 g/mol. The number of halogens is 4. The van der Waals surface area contributed by atoms with Gasteiger partial charge in [0.05, 0.1) is 29.8 Å². The summed E-state index contributed by atoms with van der Waals surface area (Å²) in [6, 6.07) is 13.7. The van der Waals surface area contributed by atoms with E-state index in [-0.39, 0.29) is 18.8 Å². The van der Waals surface area contributed by atoms with Crippen molar-refractivity contribution < 1.29 is 31.1 Å². The summed E-state index contributed by atoms with van der Waals surface area (Å²) in [4.78, 5) is -0.449. The van der Waals surface area contributed by atoms with Gasteiger partial charge in [-0.05, 0) is 59.7 Å². The van der Waals surface area contributed by atoms with E-state index in [9.17, 15) is 21.6 Å². The quantitative estimate of drug-likeness (QED) is 0.483. The average molecular weight is 484 g/mol. The van der Waals surface area contributed by atoms with Crippen LogP contribution in [0.3, 0.4) is 0 Å². The first-order chi connectivity index (χ1) is 15.1.